The molecule has 70 valence electrons. The summed E-state index contributed by atoms with van der Waals surface area (Å²) in [7, 11) is 0. The van der Waals surface area contributed by atoms with Crippen LogP contribution in [-0.4, -0.2) is 33.4 Å². The number of aliphatic hydroxyl groups excluding tert-OH is 1. The highest BCUT2D eigenvalue weighted by Crippen LogP contribution is 2.11. The van der Waals surface area contributed by atoms with Crippen LogP contribution in [0.15, 0.2) is 0 Å². The molecule has 0 aliphatic heterocycles. The third kappa shape index (κ3) is 3.34. The van der Waals surface area contributed by atoms with E-state index in [0.717, 1.165) is 0 Å². The smallest absolute Gasteiger partial charge is 0.309 e. The Morgan fingerprint density at radius 1 is 1.33 bits per heavy atom. The van der Waals surface area contributed by atoms with Gasteiger partial charge in [-0.1, -0.05) is 6.92 Å². The lowest BCUT2D eigenvalue weighted by Crippen LogP contribution is -2.29. The highest BCUT2D eigenvalue weighted by molar-refractivity contribution is 5.73. The molecule has 0 spiro atoms. The van der Waals surface area contributed by atoms with E-state index in [1.807, 2.05) is 0 Å². The predicted octanol–water partition coefficient (Wildman–Crippen LogP) is -0.0672. The molecule has 0 fully saturated rings. The van der Waals surface area contributed by atoms with E-state index in [1.54, 1.807) is 6.92 Å². The molecule has 0 aliphatic carbocycles. The first kappa shape index (κ1) is 10.9. The third-order valence-electron chi connectivity index (χ3n) is 1.61. The van der Waals surface area contributed by atoms with Crippen molar-refractivity contribution in [1.82, 2.24) is 0 Å². The van der Waals surface area contributed by atoms with Gasteiger partial charge in [0.2, 0.25) is 0 Å². The number of carboxylic acids is 2. The summed E-state index contributed by atoms with van der Waals surface area (Å²) in [6, 6.07) is 0. The van der Waals surface area contributed by atoms with Crippen LogP contribution in [-0.2, 0) is 9.59 Å². The molecule has 5 nitrogen and oxygen atoms in total. The summed E-state index contributed by atoms with van der Waals surface area (Å²) >= 11 is 0. The van der Waals surface area contributed by atoms with E-state index in [0.29, 0.717) is 0 Å². The molecule has 0 rings (SSSR count). The van der Waals surface area contributed by atoms with Gasteiger partial charge in [-0.05, 0) is 6.42 Å². The van der Waals surface area contributed by atoms with Gasteiger partial charge in [-0.2, -0.15) is 0 Å². The molecule has 0 radical (unpaired) electrons. The monoisotopic (exact) mass is 176 g/mol. The number of rotatable bonds is 5. The van der Waals surface area contributed by atoms with E-state index >= 15 is 0 Å². The Hall–Kier alpha value is -1.10. The summed E-state index contributed by atoms with van der Waals surface area (Å²) in [5.41, 5.74) is 0. The van der Waals surface area contributed by atoms with Crippen LogP contribution in [0.5, 0.6) is 0 Å². The van der Waals surface area contributed by atoms with Crippen LogP contribution < -0.4 is 0 Å². The zero-order chi connectivity index (χ0) is 9.72. The van der Waals surface area contributed by atoms with Gasteiger partial charge < -0.3 is 15.3 Å². The maximum atomic E-state index is 10.4. The first-order chi connectivity index (χ1) is 5.49. The van der Waals surface area contributed by atoms with Gasteiger partial charge in [0.1, 0.15) is 0 Å². The quantitative estimate of drug-likeness (QED) is 0.545. The number of hydrogen-bond acceptors (Lipinski definition) is 3. The fraction of sp³-hybridized carbons (Fsp3) is 0.714. The molecule has 12 heavy (non-hydrogen) atoms. The van der Waals surface area contributed by atoms with Crippen molar-refractivity contribution >= 4 is 11.9 Å². The predicted molar refractivity (Wildman–Crippen MR) is 39.7 cm³/mol. The fourth-order valence-corrected chi connectivity index (χ4v) is 0.932. The zero-order valence-electron chi connectivity index (χ0n) is 6.73. The number of carboxylic acid groups (broad SMARTS) is 2. The van der Waals surface area contributed by atoms with E-state index < -0.39 is 30.4 Å². The average molecular weight is 176 g/mol. The van der Waals surface area contributed by atoms with Crippen LogP contribution in [0, 0.1) is 5.92 Å². The molecular weight excluding hydrogens is 164 g/mol. The van der Waals surface area contributed by atoms with Crippen LogP contribution in [0.3, 0.4) is 0 Å². The number of carbonyl (C=O) groups is 2. The van der Waals surface area contributed by atoms with Crippen LogP contribution in [0.4, 0.5) is 0 Å². The van der Waals surface area contributed by atoms with Crippen molar-refractivity contribution in [3.63, 3.8) is 0 Å². The van der Waals surface area contributed by atoms with Crippen LogP contribution >= 0.6 is 0 Å². The summed E-state index contributed by atoms with van der Waals surface area (Å²) in [6.45, 7) is 1.59. The number of hydrogen-bond donors (Lipinski definition) is 3. The molecule has 0 amide bonds. The van der Waals surface area contributed by atoms with Gasteiger partial charge in [-0.15, -0.1) is 0 Å². The minimum absolute atomic E-state index is 0.226. The summed E-state index contributed by atoms with van der Waals surface area (Å²) in [4.78, 5) is 20.5. The molecule has 3 N–H and O–H groups in total. The van der Waals surface area contributed by atoms with Crippen molar-refractivity contribution in [3.05, 3.63) is 0 Å². The van der Waals surface area contributed by atoms with E-state index in [1.165, 1.54) is 0 Å². The molecular formula is C7H12O5. The zero-order valence-corrected chi connectivity index (χ0v) is 6.73. The SMILES string of the molecule is CCC(C(=O)O)[C@H](O)CC(=O)O. The lowest BCUT2D eigenvalue weighted by atomic mass is 9.97. The standard InChI is InChI=1S/C7H12O5/c1-2-4(7(11)12)5(8)3-6(9)10/h4-5,8H,2-3H2,1H3,(H,9,10)(H,11,12)/t4?,5-/m1/s1. The first-order valence-electron chi connectivity index (χ1n) is 3.61. The van der Waals surface area contributed by atoms with Crippen molar-refractivity contribution in [2.75, 3.05) is 0 Å². The topological polar surface area (TPSA) is 94.8 Å². The van der Waals surface area contributed by atoms with Gasteiger partial charge >= 0.3 is 11.9 Å². The number of aliphatic carboxylic acids is 2. The fourth-order valence-electron chi connectivity index (χ4n) is 0.932. The van der Waals surface area contributed by atoms with Gasteiger partial charge in [0.05, 0.1) is 18.4 Å². The lowest BCUT2D eigenvalue weighted by Gasteiger charge is -2.14. The summed E-state index contributed by atoms with van der Waals surface area (Å²) in [5.74, 6) is -3.34. The van der Waals surface area contributed by atoms with Gasteiger partial charge in [0.15, 0.2) is 0 Å². The molecule has 0 saturated carbocycles. The molecule has 0 aromatic rings. The van der Waals surface area contributed by atoms with Crippen molar-refractivity contribution in [3.8, 4) is 0 Å². The largest absolute Gasteiger partial charge is 0.481 e. The molecule has 0 aromatic carbocycles. The van der Waals surface area contributed by atoms with E-state index in [4.69, 9.17) is 15.3 Å². The Morgan fingerprint density at radius 2 is 1.83 bits per heavy atom. The molecule has 1 unspecified atom stereocenters. The third-order valence-corrected chi connectivity index (χ3v) is 1.61. The van der Waals surface area contributed by atoms with E-state index in [2.05, 4.69) is 0 Å². The first-order valence-corrected chi connectivity index (χ1v) is 3.61. The van der Waals surface area contributed by atoms with Crippen molar-refractivity contribution < 1.29 is 24.9 Å². The maximum absolute atomic E-state index is 10.4. The molecule has 5 heteroatoms. The molecule has 2 atom stereocenters. The molecule has 0 heterocycles. The summed E-state index contributed by atoms with van der Waals surface area (Å²) in [5, 5.41) is 25.8. The maximum Gasteiger partial charge on any atom is 0.309 e. The minimum atomic E-state index is -1.30. The van der Waals surface area contributed by atoms with Crippen LogP contribution in [0.25, 0.3) is 0 Å². The Balaban J connectivity index is 4.11. The minimum Gasteiger partial charge on any atom is -0.481 e. The second-order valence-electron chi connectivity index (χ2n) is 2.52. The van der Waals surface area contributed by atoms with Gasteiger partial charge in [0, 0.05) is 0 Å². The Kier molecular flexibility index (Phi) is 4.28. The summed E-state index contributed by atoms with van der Waals surface area (Å²) < 4.78 is 0. The van der Waals surface area contributed by atoms with Crippen molar-refractivity contribution in [2.24, 2.45) is 5.92 Å². The highest BCUT2D eigenvalue weighted by atomic mass is 16.4. The van der Waals surface area contributed by atoms with Crippen molar-refractivity contribution in [1.29, 1.82) is 0 Å². The van der Waals surface area contributed by atoms with Crippen molar-refractivity contribution in [2.45, 2.75) is 25.9 Å². The molecule has 0 bridgehead atoms. The Labute approximate surface area is 69.6 Å². The van der Waals surface area contributed by atoms with Crippen LogP contribution in [0.1, 0.15) is 19.8 Å². The van der Waals surface area contributed by atoms with Gasteiger partial charge in [-0.25, -0.2) is 0 Å². The van der Waals surface area contributed by atoms with Crippen LogP contribution in [0.2, 0.25) is 0 Å². The van der Waals surface area contributed by atoms with E-state index in [9.17, 15) is 9.59 Å². The average Bonchev–Trinajstić information content (AvgIpc) is 1.85. The second kappa shape index (κ2) is 4.71. The molecule has 0 aliphatic rings. The Bertz CT molecular complexity index is 177. The van der Waals surface area contributed by atoms with Gasteiger partial charge in [-0.3, -0.25) is 9.59 Å². The van der Waals surface area contributed by atoms with E-state index in [-0.39, 0.29) is 6.42 Å². The lowest BCUT2D eigenvalue weighted by molar-refractivity contribution is -0.148. The Morgan fingerprint density at radius 3 is 2.08 bits per heavy atom. The molecule has 0 aromatic heterocycles. The second-order valence-corrected chi connectivity index (χ2v) is 2.52. The highest BCUT2D eigenvalue weighted by Gasteiger charge is 2.26. The summed E-state index contributed by atoms with van der Waals surface area (Å²) in [6.07, 6.45) is -1.60. The number of aliphatic hydroxyl groups is 1. The van der Waals surface area contributed by atoms with Gasteiger partial charge in [0.25, 0.3) is 0 Å². The molecule has 0 saturated heterocycles. The normalized spacial score (nSPS) is 15.2.